The molecule has 3 aromatic carbocycles. The van der Waals surface area contributed by atoms with Crippen molar-refractivity contribution in [3.05, 3.63) is 108 Å². The lowest BCUT2D eigenvalue weighted by atomic mass is 9.77. The number of hydrogen-bond acceptors (Lipinski definition) is 4. The van der Waals surface area contributed by atoms with Gasteiger partial charge in [0.25, 0.3) is 0 Å². The molecule has 0 radical (unpaired) electrons. The number of nitrogens with one attached hydrogen (secondary N) is 1. The van der Waals surface area contributed by atoms with E-state index in [1.54, 1.807) is 0 Å². The molecule has 0 aromatic heterocycles. The first kappa shape index (κ1) is 21.5. The highest BCUT2D eigenvalue weighted by Gasteiger charge is 2.38. The average Bonchev–Trinajstić information content (AvgIpc) is 2.77. The molecule has 4 nitrogen and oxygen atoms in total. The SMILES string of the molecule is CCOP(=O)(CNC(c1ccccc1)(c1ccccc1)c1ccccc1)OCC. The highest BCUT2D eigenvalue weighted by atomic mass is 31.2. The van der Waals surface area contributed by atoms with Crippen molar-refractivity contribution in [1.29, 1.82) is 0 Å². The summed E-state index contributed by atoms with van der Waals surface area (Å²) in [6.45, 7) is 4.30. The van der Waals surface area contributed by atoms with Gasteiger partial charge in [0, 0.05) is 0 Å². The van der Waals surface area contributed by atoms with Crippen molar-refractivity contribution in [3.8, 4) is 0 Å². The van der Waals surface area contributed by atoms with E-state index >= 15 is 0 Å². The van der Waals surface area contributed by atoms with Crippen LogP contribution in [0, 0.1) is 0 Å². The van der Waals surface area contributed by atoms with Crippen molar-refractivity contribution in [2.75, 3.05) is 19.5 Å². The smallest absolute Gasteiger partial charge is 0.308 e. The Balaban J connectivity index is 2.16. The molecule has 152 valence electrons. The predicted molar refractivity (Wildman–Crippen MR) is 118 cm³/mol. The summed E-state index contributed by atoms with van der Waals surface area (Å²) in [4.78, 5) is 0. The molecular formula is C24H28NO3P. The van der Waals surface area contributed by atoms with E-state index in [-0.39, 0.29) is 6.29 Å². The minimum Gasteiger partial charge on any atom is -0.308 e. The van der Waals surface area contributed by atoms with Crippen molar-refractivity contribution >= 4 is 7.60 Å². The molecule has 0 atom stereocenters. The van der Waals surface area contributed by atoms with E-state index in [0.717, 1.165) is 16.7 Å². The van der Waals surface area contributed by atoms with Crippen LogP contribution < -0.4 is 5.32 Å². The van der Waals surface area contributed by atoms with Gasteiger partial charge in [-0.3, -0.25) is 9.88 Å². The lowest BCUT2D eigenvalue weighted by Gasteiger charge is -2.38. The van der Waals surface area contributed by atoms with Crippen LogP contribution in [-0.2, 0) is 19.2 Å². The third-order valence-corrected chi connectivity index (χ3v) is 6.66. The Kier molecular flexibility index (Phi) is 7.40. The molecule has 0 aliphatic carbocycles. The highest BCUT2D eigenvalue weighted by Crippen LogP contribution is 2.48. The van der Waals surface area contributed by atoms with E-state index in [1.165, 1.54) is 0 Å². The molecule has 5 heteroatoms. The molecule has 3 rings (SSSR count). The first-order valence-corrected chi connectivity index (χ1v) is 11.7. The van der Waals surface area contributed by atoms with E-state index in [1.807, 2.05) is 68.4 Å². The van der Waals surface area contributed by atoms with E-state index in [4.69, 9.17) is 9.05 Å². The second-order valence-electron chi connectivity index (χ2n) is 6.63. The Morgan fingerprint density at radius 2 is 1.03 bits per heavy atom. The van der Waals surface area contributed by atoms with Crippen LogP contribution in [0.1, 0.15) is 30.5 Å². The van der Waals surface area contributed by atoms with Crippen LogP contribution in [-0.4, -0.2) is 19.5 Å². The van der Waals surface area contributed by atoms with E-state index in [2.05, 4.69) is 41.7 Å². The summed E-state index contributed by atoms with van der Waals surface area (Å²) >= 11 is 0. The van der Waals surface area contributed by atoms with Crippen LogP contribution in [0.15, 0.2) is 91.0 Å². The molecule has 0 fully saturated rings. The Morgan fingerprint density at radius 1 is 0.690 bits per heavy atom. The predicted octanol–water partition coefficient (Wildman–Crippen LogP) is 5.79. The van der Waals surface area contributed by atoms with E-state index in [0.29, 0.717) is 13.2 Å². The molecule has 0 bridgehead atoms. The van der Waals surface area contributed by atoms with Gasteiger partial charge in [0.2, 0.25) is 0 Å². The highest BCUT2D eigenvalue weighted by molar-refractivity contribution is 7.53. The van der Waals surface area contributed by atoms with Crippen LogP contribution in [0.4, 0.5) is 0 Å². The van der Waals surface area contributed by atoms with Gasteiger partial charge in [0.05, 0.1) is 18.8 Å². The third kappa shape index (κ3) is 4.85. The Hall–Kier alpha value is -2.23. The minimum atomic E-state index is -3.29. The van der Waals surface area contributed by atoms with E-state index < -0.39 is 13.1 Å². The van der Waals surface area contributed by atoms with Crippen LogP contribution in [0.5, 0.6) is 0 Å². The van der Waals surface area contributed by atoms with Gasteiger partial charge in [0.15, 0.2) is 0 Å². The zero-order valence-corrected chi connectivity index (χ0v) is 17.8. The van der Waals surface area contributed by atoms with Crippen LogP contribution in [0.2, 0.25) is 0 Å². The van der Waals surface area contributed by atoms with Gasteiger partial charge in [-0.15, -0.1) is 0 Å². The summed E-state index contributed by atoms with van der Waals surface area (Å²) in [7, 11) is -3.29. The van der Waals surface area contributed by atoms with Gasteiger partial charge in [-0.05, 0) is 30.5 Å². The van der Waals surface area contributed by atoms with Crippen LogP contribution >= 0.6 is 7.60 Å². The monoisotopic (exact) mass is 409 g/mol. The Morgan fingerprint density at radius 3 is 1.34 bits per heavy atom. The van der Waals surface area contributed by atoms with E-state index in [9.17, 15) is 4.57 Å². The maximum absolute atomic E-state index is 13.2. The molecule has 3 aromatic rings. The average molecular weight is 409 g/mol. The fourth-order valence-electron chi connectivity index (χ4n) is 3.61. The first-order chi connectivity index (χ1) is 14.1. The molecule has 0 unspecified atom stereocenters. The molecule has 0 saturated heterocycles. The Bertz CT molecular complexity index is 810. The molecule has 0 aliphatic heterocycles. The van der Waals surface area contributed by atoms with Crippen molar-refractivity contribution in [2.45, 2.75) is 19.4 Å². The zero-order chi connectivity index (χ0) is 20.6. The molecule has 0 amide bonds. The first-order valence-electron chi connectivity index (χ1n) is 9.94. The lowest BCUT2D eigenvalue weighted by molar-refractivity contribution is 0.215. The summed E-state index contributed by atoms with van der Waals surface area (Å²) < 4.78 is 24.3. The van der Waals surface area contributed by atoms with Gasteiger partial charge in [-0.2, -0.15) is 0 Å². The topological polar surface area (TPSA) is 47.6 Å². The van der Waals surface area contributed by atoms with Crippen molar-refractivity contribution in [2.24, 2.45) is 0 Å². The summed E-state index contributed by atoms with van der Waals surface area (Å²) in [6, 6.07) is 30.6. The molecule has 1 N–H and O–H groups in total. The fourth-order valence-corrected chi connectivity index (χ4v) is 5.08. The lowest BCUT2D eigenvalue weighted by Crippen LogP contribution is -2.45. The third-order valence-electron chi connectivity index (χ3n) is 4.81. The Labute approximate surface area is 173 Å². The second kappa shape index (κ2) is 10.00. The normalized spacial score (nSPS) is 12.1. The molecule has 0 spiro atoms. The molecule has 29 heavy (non-hydrogen) atoms. The maximum atomic E-state index is 13.2. The van der Waals surface area contributed by atoms with Crippen molar-refractivity contribution in [3.63, 3.8) is 0 Å². The van der Waals surface area contributed by atoms with Crippen molar-refractivity contribution < 1.29 is 13.6 Å². The fraction of sp³-hybridized carbons (Fsp3) is 0.250. The minimum absolute atomic E-state index is 0.0906. The zero-order valence-electron chi connectivity index (χ0n) is 17.0. The second-order valence-corrected chi connectivity index (χ2v) is 8.68. The molecular weight excluding hydrogens is 381 g/mol. The largest absolute Gasteiger partial charge is 0.344 e. The maximum Gasteiger partial charge on any atom is 0.344 e. The molecule has 0 aliphatic rings. The number of hydrogen-bond donors (Lipinski definition) is 1. The van der Waals surface area contributed by atoms with Crippen LogP contribution in [0.3, 0.4) is 0 Å². The summed E-state index contributed by atoms with van der Waals surface area (Å²) in [6.07, 6.45) is 0.0906. The van der Waals surface area contributed by atoms with Gasteiger partial charge >= 0.3 is 7.60 Å². The van der Waals surface area contributed by atoms with Gasteiger partial charge in [-0.1, -0.05) is 91.0 Å². The van der Waals surface area contributed by atoms with Gasteiger partial charge < -0.3 is 9.05 Å². The van der Waals surface area contributed by atoms with Gasteiger partial charge in [0.1, 0.15) is 6.29 Å². The molecule has 0 saturated carbocycles. The van der Waals surface area contributed by atoms with Crippen molar-refractivity contribution in [1.82, 2.24) is 5.32 Å². The van der Waals surface area contributed by atoms with Gasteiger partial charge in [-0.25, -0.2) is 0 Å². The quantitative estimate of drug-likeness (QED) is 0.340. The summed E-state index contributed by atoms with van der Waals surface area (Å²) in [5.74, 6) is 0. The number of rotatable bonds is 10. The standard InChI is InChI=1S/C24H28NO3P/c1-3-27-29(26,28-4-2)20-25-24(21-14-8-5-9-15-21,22-16-10-6-11-17-22)23-18-12-7-13-19-23/h5-19,25H,3-4,20H2,1-2H3. The summed E-state index contributed by atoms with van der Waals surface area (Å²) in [5, 5.41) is 3.58. The number of benzene rings is 3. The molecule has 0 heterocycles. The van der Waals surface area contributed by atoms with Crippen LogP contribution in [0.25, 0.3) is 0 Å². The summed E-state index contributed by atoms with van der Waals surface area (Å²) in [5.41, 5.74) is 2.46.